The number of halogens is 3. The molecule has 2 rings (SSSR count). The standard InChI is InChI=1S/C17H17BrClF/c1-3-11(2)12-7-9-13(10-8-12)17(18)16-14(19)5-4-6-15(16)20/h4-11,17H,3H2,1-2H3. The molecule has 20 heavy (non-hydrogen) atoms. The molecule has 0 heterocycles. The Hall–Kier alpha value is -0.860. The second kappa shape index (κ2) is 6.73. The Morgan fingerprint density at radius 1 is 1.10 bits per heavy atom. The maximum Gasteiger partial charge on any atom is 0.129 e. The normalized spacial score (nSPS) is 14.1. The van der Waals surface area contributed by atoms with Crippen molar-refractivity contribution in [2.45, 2.75) is 31.0 Å². The van der Waals surface area contributed by atoms with Gasteiger partial charge in [-0.2, -0.15) is 0 Å². The SMILES string of the molecule is CCC(C)c1ccc(C(Br)c2c(F)cccc2Cl)cc1. The van der Waals surface area contributed by atoms with Crippen molar-refractivity contribution in [1.82, 2.24) is 0 Å². The molecule has 2 aromatic rings. The average molecular weight is 356 g/mol. The summed E-state index contributed by atoms with van der Waals surface area (Å²) in [6, 6.07) is 13.0. The van der Waals surface area contributed by atoms with E-state index in [9.17, 15) is 4.39 Å². The lowest BCUT2D eigenvalue weighted by Crippen LogP contribution is -1.99. The molecule has 0 fully saturated rings. The Bertz CT molecular complexity index is 560. The van der Waals surface area contributed by atoms with Crippen LogP contribution in [0.15, 0.2) is 42.5 Å². The molecule has 0 aromatic heterocycles. The Morgan fingerprint density at radius 3 is 2.25 bits per heavy atom. The van der Waals surface area contributed by atoms with Crippen LogP contribution < -0.4 is 0 Å². The number of rotatable bonds is 4. The zero-order valence-corrected chi connectivity index (χ0v) is 13.9. The molecule has 0 saturated carbocycles. The van der Waals surface area contributed by atoms with Gasteiger partial charge in [-0.1, -0.05) is 71.7 Å². The van der Waals surface area contributed by atoms with Crippen molar-refractivity contribution in [3.63, 3.8) is 0 Å². The van der Waals surface area contributed by atoms with Crippen molar-refractivity contribution in [3.05, 3.63) is 70.0 Å². The van der Waals surface area contributed by atoms with Gasteiger partial charge in [-0.15, -0.1) is 0 Å². The van der Waals surface area contributed by atoms with Crippen LogP contribution in [0.3, 0.4) is 0 Å². The van der Waals surface area contributed by atoms with Gasteiger partial charge in [-0.05, 0) is 35.6 Å². The van der Waals surface area contributed by atoms with Crippen LogP contribution in [-0.2, 0) is 0 Å². The van der Waals surface area contributed by atoms with Gasteiger partial charge in [0.1, 0.15) is 5.82 Å². The Balaban J connectivity index is 2.32. The van der Waals surface area contributed by atoms with E-state index in [4.69, 9.17) is 11.6 Å². The van der Waals surface area contributed by atoms with Gasteiger partial charge < -0.3 is 0 Å². The molecule has 0 aliphatic carbocycles. The molecule has 2 aromatic carbocycles. The van der Waals surface area contributed by atoms with Crippen LogP contribution in [-0.4, -0.2) is 0 Å². The zero-order valence-electron chi connectivity index (χ0n) is 11.5. The molecule has 106 valence electrons. The van der Waals surface area contributed by atoms with E-state index in [1.165, 1.54) is 11.6 Å². The Morgan fingerprint density at radius 2 is 1.70 bits per heavy atom. The number of hydrogen-bond donors (Lipinski definition) is 0. The smallest absolute Gasteiger partial charge is 0.129 e. The second-order valence-corrected chi connectivity index (χ2v) is 6.30. The molecule has 0 saturated heterocycles. The largest absolute Gasteiger partial charge is 0.207 e. The molecule has 3 heteroatoms. The molecule has 2 unspecified atom stereocenters. The summed E-state index contributed by atoms with van der Waals surface area (Å²) in [6.45, 7) is 4.37. The van der Waals surface area contributed by atoms with E-state index in [0.29, 0.717) is 16.5 Å². The van der Waals surface area contributed by atoms with Gasteiger partial charge in [0.05, 0.1) is 4.83 Å². The van der Waals surface area contributed by atoms with E-state index in [2.05, 4.69) is 41.9 Å². The molecule has 0 radical (unpaired) electrons. The summed E-state index contributed by atoms with van der Waals surface area (Å²) in [7, 11) is 0. The summed E-state index contributed by atoms with van der Waals surface area (Å²) in [4.78, 5) is -0.234. The minimum atomic E-state index is -0.287. The van der Waals surface area contributed by atoms with Crippen molar-refractivity contribution in [1.29, 1.82) is 0 Å². The molecule has 0 nitrogen and oxygen atoms in total. The van der Waals surface area contributed by atoms with Crippen LogP contribution in [0.5, 0.6) is 0 Å². The van der Waals surface area contributed by atoms with Crippen molar-refractivity contribution < 1.29 is 4.39 Å². The van der Waals surface area contributed by atoms with Gasteiger partial charge in [0.25, 0.3) is 0 Å². The third-order valence-electron chi connectivity index (χ3n) is 3.66. The maximum absolute atomic E-state index is 13.9. The van der Waals surface area contributed by atoms with Crippen LogP contribution in [0.2, 0.25) is 5.02 Å². The summed E-state index contributed by atoms with van der Waals surface area (Å²) in [5, 5.41) is 0.442. The minimum absolute atomic E-state index is 0.234. The fourth-order valence-electron chi connectivity index (χ4n) is 2.15. The van der Waals surface area contributed by atoms with Crippen LogP contribution >= 0.6 is 27.5 Å². The molecular formula is C17H17BrClF. The van der Waals surface area contributed by atoms with Gasteiger partial charge in [0.15, 0.2) is 0 Å². The third-order valence-corrected chi connectivity index (χ3v) is 4.98. The summed E-state index contributed by atoms with van der Waals surface area (Å²) in [6.07, 6.45) is 1.11. The van der Waals surface area contributed by atoms with E-state index < -0.39 is 0 Å². The van der Waals surface area contributed by atoms with Gasteiger partial charge in [-0.3, -0.25) is 0 Å². The molecule has 0 amide bonds. The fourth-order valence-corrected chi connectivity index (χ4v) is 3.32. The quantitative estimate of drug-likeness (QED) is 0.551. The number of alkyl halides is 1. The van der Waals surface area contributed by atoms with Crippen LogP contribution in [0.4, 0.5) is 4.39 Å². The molecule has 0 aliphatic rings. The first-order valence-electron chi connectivity index (χ1n) is 6.72. The molecule has 0 N–H and O–H groups in total. The highest BCUT2D eigenvalue weighted by Gasteiger charge is 2.18. The minimum Gasteiger partial charge on any atom is -0.207 e. The molecule has 0 aliphatic heterocycles. The predicted molar refractivity (Wildman–Crippen MR) is 87.3 cm³/mol. The average Bonchev–Trinajstić information content (AvgIpc) is 2.46. The molecule has 0 spiro atoms. The van der Waals surface area contributed by atoms with Gasteiger partial charge in [0, 0.05) is 10.6 Å². The summed E-state index contributed by atoms with van der Waals surface area (Å²) in [5.74, 6) is 0.250. The van der Waals surface area contributed by atoms with Gasteiger partial charge in [0.2, 0.25) is 0 Å². The van der Waals surface area contributed by atoms with Gasteiger partial charge >= 0.3 is 0 Å². The molecule has 2 atom stereocenters. The van der Waals surface area contributed by atoms with E-state index in [-0.39, 0.29) is 10.6 Å². The summed E-state index contributed by atoms with van der Waals surface area (Å²) in [5.41, 5.74) is 2.80. The number of hydrogen-bond acceptors (Lipinski definition) is 0. The Labute approximate surface area is 133 Å². The van der Waals surface area contributed by atoms with E-state index in [1.807, 2.05) is 12.1 Å². The van der Waals surface area contributed by atoms with E-state index >= 15 is 0 Å². The van der Waals surface area contributed by atoms with E-state index in [0.717, 1.165) is 12.0 Å². The van der Waals surface area contributed by atoms with Crippen molar-refractivity contribution >= 4 is 27.5 Å². The lowest BCUT2D eigenvalue weighted by Gasteiger charge is -2.15. The second-order valence-electron chi connectivity index (χ2n) is 4.97. The zero-order chi connectivity index (χ0) is 14.7. The van der Waals surface area contributed by atoms with Crippen LogP contribution in [0.25, 0.3) is 0 Å². The first-order valence-corrected chi connectivity index (χ1v) is 8.01. The predicted octanol–water partition coefficient (Wildman–Crippen LogP) is 6.48. The summed E-state index contributed by atoms with van der Waals surface area (Å²) < 4.78 is 13.9. The highest BCUT2D eigenvalue weighted by atomic mass is 79.9. The Kier molecular flexibility index (Phi) is 5.22. The van der Waals surface area contributed by atoms with E-state index in [1.54, 1.807) is 12.1 Å². The highest BCUT2D eigenvalue weighted by Crippen LogP contribution is 2.37. The van der Waals surface area contributed by atoms with Crippen molar-refractivity contribution in [2.24, 2.45) is 0 Å². The maximum atomic E-state index is 13.9. The van der Waals surface area contributed by atoms with Crippen molar-refractivity contribution in [3.8, 4) is 0 Å². The summed E-state index contributed by atoms with van der Waals surface area (Å²) >= 11 is 9.66. The highest BCUT2D eigenvalue weighted by molar-refractivity contribution is 9.09. The third kappa shape index (κ3) is 3.24. The van der Waals surface area contributed by atoms with Crippen molar-refractivity contribution in [2.75, 3.05) is 0 Å². The lowest BCUT2D eigenvalue weighted by molar-refractivity contribution is 0.613. The van der Waals surface area contributed by atoms with Crippen LogP contribution in [0, 0.1) is 5.82 Å². The molecular weight excluding hydrogens is 339 g/mol. The monoisotopic (exact) mass is 354 g/mol. The topological polar surface area (TPSA) is 0 Å². The van der Waals surface area contributed by atoms with Crippen LogP contribution in [0.1, 0.15) is 47.7 Å². The fraction of sp³-hybridized carbons (Fsp3) is 0.294. The number of benzene rings is 2. The molecule has 0 bridgehead atoms. The first kappa shape index (κ1) is 15.5. The first-order chi connectivity index (χ1) is 9.54. The lowest BCUT2D eigenvalue weighted by atomic mass is 9.96. The van der Waals surface area contributed by atoms with Gasteiger partial charge in [-0.25, -0.2) is 4.39 Å².